The molecule has 100 valence electrons. The van der Waals surface area contributed by atoms with E-state index < -0.39 is 4.92 Å². The van der Waals surface area contributed by atoms with E-state index in [4.69, 9.17) is 5.84 Å². The van der Waals surface area contributed by atoms with Crippen LogP contribution in [0.3, 0.4) is 0 Å². The van der Waals surface area contributed by atoms with Crippen molar-refractivity contribution in [2.75, 3.05) is 17.3 Å². The van der Waals surface area contributed by atoms with Gasteiger partial charge >= 0.3 is 5.69 Å². The number of nitrogens with one attached hydrogen (secondary N) is 2. The summed E-state index contributed by atoms with van der Waals surface area (Å²) in [6.45, 7) is 6.84. The van der Waals surface area contributed by atoms with Crippen molar-refractivity contribution in [2.24, 2.45) is 17.7 Å². The molecule has 4 N–H and O–H groups in total. The summed E-state index contributed by atoms with van der Waals surface area (Å²) >= 11 is 0. The molecule has 0 fully saturated rings. The van der Waals surface area contributed by atoms with Crippen LogP contribution in [-0.2, 0) is 0 Å². The smallest absolute Gasteiger partial charge is 0.354 e. The topological polar surface area (TPSA) is 119 Å². The normalized spacial score (nSPS) is 12.3. The van der Waals surface area contributed by atoms with E-state index in [0.29, 0.717) is 18.4 Å². The number of anilines is 2. The molecule has 8 heteroatoms. The van der Waals surface area contributed by atoms with Crippen LogP contribution >= 0.6 is 0 Å². The molecule has 0 bridgehead atoms. The summed E-state index contributed by atoms with van der Waals surface area (Å²) in [4.78, 5) is 18.0. The maximum atomic E-state index is 11.0. The van der Waals surface area contributed by atoms with E-state index in [1.807, 2.05) is 0 Å². The van der Waals surface area contributed by atoms with Gasteiger partial charge in [0, 0.05) is 6.54 Å². The third-order valence-electron chi connectivity index (χ3n) is 2.87. The van der Waals surface area contributed by atoms with Gasteiger partial charge in [0.25, 0.3) is 0 Å². The zero-order valence-electron chi connectivity index (χ0n) is 10.7. The average Bonchev–Trinajstić information content (AvgIpc) is 2.34. The fraction of sp³-hybridized carbons (Fsp3) is 0.600. The average molecular weight is 254 g/mol. The van der Waals surface area contributed by atoms with Crippen molar-refractivity contribution in [1.29, 1.82) is 0 Å². The van der Waals surface area contributed by atoms with Crippen LogP contribution in [0.1, 0.15) is 20.8 Å². The van der Waals surface area contributed by atoms with Crippen LogP contribution in [0.2, 0.25) is 0 Å². The molecule has 1 heterocycles. The minimum Gasteiger partial charge on any atom is -0.364 e. The lowest BCUT2D eigenvalue weighted by molar-refractivity contribution is -0.383. The fourth-order valence-corrected chi connectivity index (χ4v) is 1.28. The lowest BCUT2D eigenvalue weighted by Gasteiger charge is -2.16. The number of nitrogens with two attached hydrogens (primary N) is 1. The zero-order chi connectivity index (χ0) is 13.7. The number of hydrogen-bond acceptors (Lipinski definition) is 7. The zero-order valence-corrected chi connectivity index (χ0v) is 10.7. The molecule has 0 aliphatic rings. The molecule has 1 aromatic rings. The third-order valence-corrected chi connectivity index (χ3v) is 2.87. The quantitative estimate of drug-likeness (QED) is 0.398. The Bertz CT molecular complexity index is 423. The Labute approximate surface area is 105 Å². The van der Waals surface area contributed by atoms with E-state index in [1.165, 1.54) is 6.33 Å². The number of hydrazine groups is 1. The Morgan fingerprint density at radius 3 is 2.50 bits per heavy atom. The predicted molar refractivity (Wildman–Crippen MR) is 69.0 cm³/mol. The Balaban J connectivity index is 2.91. The Morgan fingerprint density at radius 2 is 2.00 bits per heavy atom. The van der Waals surface area contributed by atoms with E-state index in [-0.39, 0.29) is 17.3 Å². The Kier molecular flexibility index (Phi) is 4.78. The van der Waals surface area contributed by atoms with Crippen molar-refractivity contribution in [2.45, 2.75) is 20.8 Å². The summed E-state index contributed by atoms with van der Waals surface area (Å²) < 4.78 is 0. The van der Waals surface area contributed by atoms with Crippen LogP contribution in [0.5, 0.6) is 0 Å². The first kappa shape index (κ1) is 14.1. The molecule has 1 aromatic heterocycles. The fourth-order valence-electron chi connectivity index (χ4n) is 1.28. The van der Waals surface area contributed by atoms with E-state index in [9.17, 15) is 10.1 Å². The van der Waals surface area contributed by atoms with E-state index >= 15 is 0 Å². The minimum absolute atomic E-state index is 0.00491. The molecule has 8 nitrogen and oxygen atoms in total. The summed E-state index contributed by atoms with van der Waals surface area (Å²) in [6, 6.07) is 0. The van der Waals surface area contributed by atoms with Gasteiger partial charge in [0.15, 0.2) is 0 Å². The highest BCUT2D eigenvalue weighted by molar-refractivity contribution is 5.68. The number of nitrogen functional groups attached to an aromatic ring is 1. The largest absolute Gasteiger partial charge is 0.364 e. The first-order valence-corrected chi connectivity index (χ1v) is 5.67. The molecule has 0 spiro atoms. The molecule has 1 atom stereocenters. The molecule has 1 unspecified atom stereocenters. The van der Waals surface area contributed by atoms with Crippen molar-refractivity contribution < 1.29 is 4.92 Å². The maximum absolute atomic E-state index is 11.0. The molecule has 0 radical (unpaired) electrons. The molecule has 0 saturated heterocycles. The molecular formula is C10H18N6O2. The number of nitrogens with zero attached hydrogens (tertiary/aromatic N) is 3. The van der Waals surface area contributed by atoms with Crippen molar-refractivity contribution in [1.82, 2.24) is 9.97 Å². The summed E-state index contributed by atoms with van der Waals surface area (Å²) in [5.41, 5.74) is 1.96. The van der Waals surface area contributed by atoms with Crippen LogP contribution in [0, 0.1) is 22.0 Å². The summed E-state index contributed by atoms with van der Waals surface area (Å²) in [7, 11) is 0. The molecule has 0 amide bonds. The van der Waals surface area contributed by atoms with E-state index in [0.717, 1.165) is 0 Å². The van der Waals surface area contributed by atoms with Gasteiger partial charge in [-0.3, -0.25) is 10.1 Å². The van der Waals surface area contributed by atoms with Crippen LogP contribution in [0.15, 0.2) is 6.33 Å². The number of hydrogen-bond donors (Lipinski definition) is 3. The lowest BCUT2D eigenvalue weighted by Crippen LogP contribution is -2.19. The molecule has 0 aliphatic heterocycles. The van der Waals surface area contributed by atoms with E-state index in [2.05, 4.69) is 41.5 Å². The maximum Gasteiger partial charge on any atom is 0.354 e. The summed E-state index contributed by atoms with van der Waals surface area (Å²) in [5.74, 6) is 6.21. The van der Waals surface area contributed by atoms with Crippen LogP contribution < -0.4 is 16.6 Å². The van der Waals surface area contributed by atoms with Crippen LogP contribution in [0.4, 0.5) is 17.3 Å². The number of rotatable bonds is 6. The molecule has 0 saturated carbocycles. The lowest BCUT2D eigenvalue weighted by atomic mass is 9.98. The molecule has 18 heavy (non-hydrogen) atoms. The molecule has 0 aliphatic carbocycles. The Morgan fingerprint density at radius 1 is 1.39 bits per heavy atom. The summed E-state index contributed by atoms with van der Waals surface area (Å²) in [5, 5.41) is 13.9. The molecule has 1 rings (SSSR count). The Hall–Kier alpha value is -1.96. The standard InChI is InChI=1S/C10H18N6O2/c1-6(2)7(3)4-12-9-8(16(17)18)10(15-11)14-5-13-9/h5-7H,4,11H2,1-3H3,(H2,12,13,14,15). The van der Waals surface area contributed by atoms with Crippen molar-refractivity contribution in [3.8, 4) is 0 Å². The van der Waals surface area contributed by atoms with Gasteiger partial charge in [0.2, 0.25) is 11.6 Å². The number of nitro groups is 1. The number of aromatic nitrogens is 2. The van der Waals surface area contributed by atoms with Gasteiger partial charge in [0.05, 0.1) is 4.92 Å². The van der Waals surface area contributed by atoms with Gasteiger partial charge in [-0.05, 0) is 11.8 Å². The van der Waals surface area contributed by atoms with Crippen LogP contribution in [0.25, 0.3) is 0 Å². The van der Waals surface area contributed by atoms with Gasteiger partial charge in [-0.2, -0.15) is 0 Å². The highest BCUT2D eigenvalue weighted by atomic mass is 16.6. The van der Waals surface area contributed by atoms with E-state index in [1.54, 1.807) is 0 Å². The molecular weight excluding hydrogens is 236 g/mol. The third kappa shape index (κ3) is 3.27. The van der Waals surface area contributed by atoms with Crippen LogP contribution in [-0.4, -0.2) is 21.4 Å². The van der Waals surface area contributed by atoms with Gasteiger partial charge < -0.3 is 10.7 Å². The van der Waals surface area contributed by atoms with Crippen molar-refractivity contribution in [3.63, 3.8) is 0 Å². The van der Waals surface area contributed by atoms with Gasteiger partial charge in [-0.1, -0.05) is 20.8 Å². The molecule has 0 aromatic carbocycles. The highest BCUT2D eigenvalue weighted by Gasteiger charge is 2.22. The highest BCUT2D eigenvalue weighted by Crippen LogP contribution is 2.28. The first-order valence-electron chi connectivity index (χ1n) is 5.67. The second-order valence-corrected chi connectivity index (χ2v) is 4.42. The second-order valence-electron chi connectivity index (χ2n) is 4.42. The minimum atomic E-state index is -0.558. The van der Waals surface area contributed by atoms with Crippen molar-refractivity contribution in [3.05, 3.63) is 16.4 Å². The monoisotopic (exact) mass is 254 g/mol. The first-order chi connectivity index (χ1) is 8.47. The SMILES string of the molecule is CC(C)C(C)CNc1ncnc(NN)c1[N+](=O)[O-]. The van der Waals surface area contributed by atoms with Gasteiger partial charge in [-0.15, -0.1) is 0 Å². The summed E-state index contributed by atoms with van der Waals surface area (Å²) in [6.07, 6.45) is 1.23. The predicted octanol–water partition coefficient (Wildman–Crippen LogP) is 1.37. The second kappa shape index (κ2) is 6.10. The van der Waals surface area contributed by atoms with Gasteiger partial charge in [0.1, 0.15) is 6.33 Å². The van der Waals surface area contributed by atoms with Crippen molar-refractivity contribution >= 4 is 17.3 Å². The van der Waals surface area contributed by atoms with Gasteiger partial charge in [-0.25, -0.2) is 15.8 Å².